The van der Waals surface area contributed by atoms with Gasteiger partial charge in [-0.2, -0.15) is 0 Å². The lowest BCUT2D eigenvalue weighted by Gasteiger charge is -2.41. The van der Waals surface area contributed by atoms with Gasteiger partial charge in [-0.05, 0) is 108 Å². The van der Waals surface area contributed by atoms with Crippen LogP contribution in [0.3, 0.4) is 0 Å². The summed E-state index contributed by atoms with van der Waals surface area (Å²) in [5, 5.41) is 0. The first-order chi connectivity index (χ1) is 23.5. The molecule has 5 heteroatoms. The van der Waals surface area contributed by atoms with Crippen LogP contribution in [0.15, 0.2) is 118 Å². The molecule has 4 aromatic carbocycles. The Morgan fingerprint density at radius 3 is 2.10 bits per heavy atom. The SMILES string of the molecule is Cc1cc(Sc2ccc3c(c2)N(c2cc(C(C)(C)C)ccn2)c2ccccc2C3(C)C)cc(C2=N[C@]3(C)c4ccccc4C(C)(C)[C@]3(C)O2)c1. The summed E-state index contributed by atoms with van der Waals surface area (Å²) in [5.74, 6) is 1.66. The highest BCUT2D eigenvalue weighted by Gasteiger charge is 2.67. The van der Waals surface area contributed by atoms with Gasteiger partial charge < -0.3 is 4.74 Å². The molecule has 0 unspecified atom stereocenters. The third kappa shape index (κ3) is 4.65. The first kappa shape index (κ1) is 32.8. The van der Waals surface area contributed by atoms with Crippen LogP contribution < -0.4 is 4.90 Å². The number of hydrogen-bond acceptors (Lipinski definition) is 5. The minimum atomic E-state index is -0.501. The Balaban J connectivity index is 1.19. The van der Waals surface area contributed by atoms with Crippen molar-refractivity contribution in [2.45, 2.75) is 106 Å². The summed E-state index contributed by atoms with van der Waals surface area (Å²) in [5.41, 5.74) is 9.66. The number of ether oxygens (including phenoxy) is 1. The fourth-order valence-electron chi connectivity index (χ4n) is 8.59. The minimum absolute atomic E-state index is 0.00956. The van der Waals surface area contributed by atoms with Crippen LogP contribution in [-0.2, 0) is 26.5 Å². The van der Waals surface area contributed by atoms with Gasteiger partial charge in [-0.15, -0.1) is 0 Å². The van der Waals surface area contributed by atoms with Crippen molar-refractivity contribution in [1.82, 2.24) is 4.98 Å². The molecule has 0 N–H and O–H groups in total. The zero-order chi connectivity index (χ0) is 35.4. The van der Waals surface area contributed by atoms with Gasteiger partial charge >= 0.3 is 0 Å². The van der Waals surface area contributed by atoms with Crippen LogP contribution in [0.25, 0.3) is 0 Å². The van der Waals surface area contributed by atoms with Crippen molar-refractivity contribution in [2.75, 3.05) is 4.90 Å². The van der Waals surface area contributed by atoms with Gasteiger partial charge in [0.2, 0.25) is 5.90 Å². The number of aryl methyl sites for hydroxylation is 1. The monoisotopic (exact) mass is 677 g/mol. The highest BCUT2D eigenvalue weighted by atomic mass is 32.2. The van der Waals surface area contributed by atoms with Crippen LogP contribution in [0.5, 0.6) is 0 Å². The molecule has 50 heavy (non-hydrogen) atoms. The molecule has 0 saturated heterocycles. The molecular formula is C45H47N3OS. The van der Waals surface area contributed by atoms with Crippen LogP contribution in [0.4, 0.5) is 17.2 Å². The quantitative estimate of drug-likeness (QED) is 0.190. The van der Waals surface area contributed by atoms with E-state index >= 15 is 0 Å². The topological polar surface area (TPSA) is 37.7 Å². The molecule has 2 aliphatic heterocycles. The summed E-state index contributed by atoms with van der Waals surface area (Å²) in [6, 6.07) is 35.5. The number of para-hydroxylation sites is 1. The maximum absolute atomic E-state index is 6.97. The van der Waals surface area contributed by atoms with E-state index in [1.54, 1.807) is 11.8 Å². The standard InChI is InChI=1S/C45H47N3OS/c1-28-23-29(40-47-44(9)34-16-12-11-15-33(34)43(7,8)45(44,10)49-40)25-32(24-28)50-31-19-20-36-38(27-31)48(37-18-14-13-17-35(37)42(36,5)6)39-26-30(21-22-46-39)41(2,3)4/h11-27H,1-10H3/t44-,45+/m1/s1. The van der Waals surface area contributed by atoms with Crippen molar-refractivity contribution in [3.63, 3.8) is 0 Å². The molecule has 3 heterocycles. The van der Waals surface area contributed by atoms with Gasteiger partial charge in [-0.3, -0.25) is 4.90 Å². The van der Waals surface area contributed by atoms with E-state index in [4.69, 9.17) is 14.7 Å². The van der Waals surface area contributed by atoms with Gasteiger partial charge in [0.15, 0.2) is 0 Å². The van der Waals surface area contributed by atoms with E-state index in [2.05, 4.69) is 171 Å². The zero-order valence-corrected chi connectivity index (χ0v) is 31.8. The predicted octanol–water partition coefficient (Wildman–Crippen LogP) is 11.7. The molecule has 2 atom stereocenters. The third-order valence-corrected chi connectivity index (χ3v) is 12.9. The number of pyridine rings is 1. The van der Waals surface area contributed by atoms with E-state index in [0.29, 0.717) is 0 Å². The first-order valence-electron chi connectivity index (χ1n) is 17.7. The molecule has 0 amide bonds. The molecule has 1 aliphatic carbocycles. The van der Waals surface area contributed by atoms with Gasteiger partial charge in [0.25, 0.3) is 0 Å². The average molecular weight is 678 g/mol. The Morgan fingerprint density at radius 2 is 1.36 bits per heavy atom. The number of hydrogen-bond donors (Lipinski definition) is 0. The number of aromatic nitrogens is 1. The molecule has 0 spiro atoms. The molecule has 4 nitrogen and oxygen atoms in total. The van der Waals surface area contributed by atoms with E-state index in [1.807, 2.05) is 6.20 Å². The second-order valence-electron chi connectivity index (χ2n) is 16.7. The molecule has 0 saturated carbocycles. The van der Waals surface area contributed by atoms with Crippen molar-refractivity contribution in [1.29, 1.82) is 0 Å². The maximum Gasteiger partial charge on any atom is 0.217 e. The lowest BCUT2D eigenvalue weighted by atomic mass is 9.71. The molecule has 1 aromatic heterocycles. The Hall–Kier alpha value is -4.35. The van der Waals surface area contributed by atoms with Gasteiger partial charge in [0, 0.05) is 32.4 Å². The Bertz CT molecular complexity index is 2230. The Labute approximate surface area is 302 Å². The summed E-state index contributed by atoms with van der Waals surface area (Å²) in [4.78, 5) is 15.0. The molecule has 0 bridgehead atoms. The van der Waals surface area contributed by atoms with E-state index < -0.39 is 11.1 Å². The summed E-state index contributed by atoms with van der Waals surface area (Å²) < 4.78 is 6.97. The number of rotatable bonds is 4. The lowest BCUT2D eigenvalue weighted by Crippen LogP contribution is -2.51. The van der Waals surface area contributed by atoms with Crippen LogP contribution in [0.2, 0.25) is 0 Å². The maximum atomic E-state index is 6.97. The van der Waals surface area contributed by atoms with E-state index in [-0.39, 0.29) is 16.2 Å². The summed E-state index contributed by atoms with van der Waals surface area (Å²) >= 11 is 1.78. The molecule has 5 aromatic rings. The van der Waals surface area contributed by atoms with Crippen molar-refractivity contribution >= 4 is 34.9 Å². The fourth-order valence-corrected chi connectivity index (χ4v) is 9.60. The summed E-state index contributed by atoms with van der Waals surface area (Å²) in [6.45, 7) is 22.7. The second kappa shape index (κ2) is 10.8. The highest BCUT2D eigenvalue weighted by molar-refractivity contribution is 7.99. The van der Waals surface area contributed by atoms with E-state index in [9.17, 15) is 0 Å². The van der Waals surface area contributed by atoms with Crippen molar-refractivity contribution in [3.8, 4) is 0 Å². The van der Waals surface area contributed by atoms with Crippen molar-refractivity contribution in [3.05, 3.63) is 142 Å². The van der Waals surface area contributed by atoms with Gasteiger partial charge in [0.05, 0.1) is 11.4 Å². The zero-order valence-electron chi connectivity index (χ0n) is 31.0. The molecule has 0 fully saturated rings. The molecular weight excluding hydrogens is 631 g/mol. The highest BCUT2D eigenvalue weighted by Crippen LogP contribution is 2.62. The number of benzene rings is 4. The van der Waals surface area contributed by atoms with Crippen LogP contribution in [-0.4, -0.2) is 16.5 Å². The first-order valence-corrected chi connectivity index (χ1v) is 18.6. The normalized spacial score (nSPS) is 22.6. The average Bonchev–Trinajstić information content (AvgIpc) is 3.42. The summed E-state index contributed by atoms with van der Waals surface area (Å²) in [7, 11) is 0. The number of aliphatic imine (C=N–C) groups is 1. The van der Waals surface area contributed by atoms with Crippen LogP contribution in [0.1, 0.15) is 101 Å². The molecule has 254 valence electrons. The van der Waals surface area contributed by atoms with Crippen molar-refractivity contribution < 1.29 is 4.74 Å². The molecule has 3 aliphatic rings. The molecule has 0 radical (unpaired) electrons. The predicted molar refractivity (Wildman–Crippen MR) is 208 cm³/mol. The van der Waals surface area contributed by atoms with Gasteiger partial charge in [0.1, 0.15) is 17.0 Å². The summed E-state index contributed by atoms with van der Waals surface area (Å²) in [6.07, 6.45) is 1.95. The van der Waals surface area contributed by atoms with Crippen LogP contribution in [0, 0.1) is 6.92 Å². The number of fused-ring (bicyclic) bond motifs is 5. The number of anilines is 3. The van der Waals surface area contributed by atoms with Crippen LogP contribution >= 0.6 is 11.8 Å². The van der Waals surface area contributed by atoms with Gasteiger partial charge in [-0.1, -0.05) is 109 Å². The number of nitrogens with zero attached hydrogens (tertiary/aromatic N) is 3. The van der Waals surface area contributed by atoms with Crippen molar-refractivity contribution in [2.24, 2.45) is 4.99 Å². The molecule has 8 rings (SSSR count). The van der Waals surface area contributed by atoms with Gasteiger partial charge in [-0.25, -0.2) is 9.98 Å². The third-order valence-electron chi connectivity index (χ3n) is 11.9. The van der Waals surface area contributed by atoms with E-state index in [0.717, 1.165) is 22.2 Å². The fraction of sp³-hybridized carbons (Fsp3) is 0.333. The Morgan fingerprint density at radius 1 is 0.680 bits per heavy atom. The lowest BCUT2D eigenvalue weighted by molar-refractivity contribution is -0.0136. The second-order valence-corrected chi connectivity index (χ2v) is 17.9. The smallest absolute Gasteiger partial charge is 0.217 e. The van der Waals surface area contributed by atoms with E-state index in [1.165, 1.54) is 49.7 Å². The minimum Gasteiger partial charge on any atom is -0.467 e. The largest absolute Gasteiger partial charge is 0.467 e. The Kier molecular flexibility index (Phi) is 7.11.